The number of hydrogen-bond acceptors (Lipinski definition) is 2. The number of nitrogens with two attached hydrogens (primary N) is 1. The minimum absolute atomic E-state index is 0.418. The largest absolute Gasteiger partial charge is 0.326 e. The number of nitrogens with zero attached hydrogens (tertiary/aromatic N) is 1. The third kappa shape index (κ3) is 3.48. The van der Waals surface area contributed by atoms with E-state index in [1.807, 2.05) is 0 Å². The van der Waals surface area contributed by atoms with E-state index in [2.05, 4.69) is 25.7 Å². The van der Waals surface area contributed by atoms with Gasteiger partial charge in [-0.1, -0.05) is 33.6 Å². The number of hydrogen-bond donors (Lipinski definition) is 1. The van der Waals surface area contributed by atoms with Crippen molar-refractivity contribution < 1.29 is 0 Å². The van der Waals surface area contributed by atoms with E-state index in [1.54, 1.807) is 0 Å². The van der Waals surface area contributed by atoms with E-state index in [4.69, 9.17) is 5.73 Å². The van der Waals surface area contributed by atoms with Gasteiger partial charge in [-0.3, -0.25) is 4.90 Å². The Hall–Kier alpha value is -0.0800. The van der Waals surface area contributed by atoms with Crippen LogP contribution in [0.2, 0.25) is 0 Å². The summed E-state index contributed by atoms with van der Waals surface area (Å²) in [5.74, 6) is 0.852. The first kappa shape index (κ1) is 14.3. The molecule has 0 spiro atoms. The molecule has 0 bridgehead atoms. The average molecular weight is 252 g/mol. The SMILES string of the molecule is CC(C)(C)C1CCC(N)C(N2CCCCCC2)C1. The van der Waals surface area contributed by atoms with Crippen LogP contribution in [0.1, 0.15) is 65.7 Å². The van der Waals surface area contributed by atoms with E-state index >= 15 is 0 Å². The predicted molar refractivity (Wildman–Crippen MR) is 78.6 cm³/mol. The highest BCUT2D eigenvalue weighted by molar-refractivity contribution is 4.93. The van der Waals surface area contributed by atoms with Crippen molar-refractivity contribution in [2.45, 2.75) is 77.8 Å². The summed E-state index contributed by atoms with van der Waals surface area (Å²) in [7, 11) is 0. The topological polar surface area (TPSA) is 29.3 Å². The molecule has 1 aliphatic heterocycles. The molecule has 1 heterocycles. The maximum absolute atomic E-state index is 6.42. The molecule has 0 aromatic carbocycles. The van der Waals surface area contributed by atoms with Gasteiger partial charge in [0.1, 0.15) is 0 Å². The van der Waals surface area contributed by atoms with E-state index < -0.39 is 0 Å². The van der Waals surface area contributed by atoms with Crippen LogP contribution < -0.4 is 5.73 Å². The number of likely N-dealkylation sites (tertiary alicyclic amines) is 1. The monoisotopic (exact) mass is 252 g/mol. The Morgan fingerprint density at radius 2 is 1.56 bits per heavy atom. The maximum Gasteiger partial charge on any atom is 0.0250 e. The summed E-state index contributed by atoms with van der Waals surface area (Å²) in [4.78, 5) is 2.72. The van der Waals surface area contributed by atoms with Crippen LogP contribution in [0.15, 0.2) is 0 Å². The Kier molecular flexibility index (Phi) is 4.71. The summed E-state index contributed by atoms with van der Waals surface area (Å²) < 4.78 is 0. The van der Waals surface area contributed by atoms with Crippen LogP contribution >= 0.6 is 0 Å². The van der Waals surface area contributed by atoms with E-state index in [0.29, 0.717) is 17.5 Å². The molecule has 18 heavy (non-hydrogen) atoms. The van der Waals surface area contributed by atoms with Gasteiger partial charge < -0.3 is 5.73 Å². The van der Waals surface area contributed by atoms with Gasteiger partial charge in [-0.25, -0.2) is 0 Å². The molecule has 3 unspecified atom stereocenters. The molecule has 0 aromatic rings. The second-order valence-electron chi connectivity index (χ2n) is 7.56. The van der Waals surface area contributed by atoms with Crippen molar-refractivity contribution in [1.82, 2.24) is 4.90 Å². The molecule has 106 valence electrons. The van der Waals surface area contributed by atoms with Gasteiger partial charge in [0.25, 0.3) is 0 Å². The van der Waals surface area contributed by atoms with Gasteiger partial charge in [-0.15, -0.1) is 0 Å². The Labute approximate surface area is 113 Å². The lowest BCUT2D eigenvalue weighted by Crippen LogP contribution is -2.52. The van der Waals surface area contributed by atoms with Crippen molar-refractivity contribution in [1.29, 1.82) is 0 Å². The zero-order chi connectivity index (χ0) is 13.2. The lowest BCUT2D eigenvalue weighted by molar-refractivity contribution is 0.0713. The van der Waals surface area contributed by atoms with Crippen LogP contribution in [0.3, 0.4) is 0 Å². The van der Waals surface area contributed by atoms with Crippen LogP contribution in [-0.4, -0.2) is 30.1 Å². The molecule has 2 heteroatoms. The molecule has 2 rings (SSSR count). The van der Waals surface area contributed by atoms with Gasteiger partial charge in [-0.2, -0.15) is 0 Å². The molecule has 0 aromatic heterocycles. The fourth-order valence-electron chi connectivity index (χ4n) is 3.80. The normalized spacial score (nSPS) is 36.3. The van der Waals surface area contributed by atoms with Crippen molar-refractivity contribution in [2.24, 2.45) is 17.1 Å². The first-order valence-electron chi connectivity index (χ1n) is 7.98. The van der Waals surface area contributed by atoms with Crippen LogP contribution in [0.25, 0.3) is 0 Å². The summed E-state index contributed by atoms with van der Waals surface area (Å²) in [5.41, 5.74) is 6.87. The molecule has 1 saturated heterocycles. The molecule has 1 aliphatic carbocycles. The quantitative estimate of drug-likeness (QED) is 0.775. The molecule has 2 N–H and O–H groups in total. The van der Waals surface area contributed by atoms with Crippen molar-refractivity contribution >= 4 is 0 Å². The van der Waals surface area contributed by atoms with E-state index in [1.165, 1.54) is 58.0 Å². The maximum atomic E-state index is 6.42. The standard InChI is InChI=1S/C16H32N2/c1-16(2,3)13-8-9-14(17)15(12-13)18-10-6-4-5-7-11-18/h13-15H,4-12,17H2,1-3H3. The van der Waals surface area contributed by atoms with Gasteiger partial charge >= 0.3 is 0 Å². The second kappa shape index (κ2) is 5.92. The van der Waals surface area contributed by atoms with Crippen molar-refractivity contribution in [3.05, 3.63) is 0 Å². The Balaban J connectivity index is 2.00. The highest BCUT2D eigenvalue weighted by Gasteiger charge is 2.36. The van der Waals surface area contributed by atoms with E-state index in [0.717, 1.165) is 5.92 Å². The summed E-state index contributed by atoms with van der Waals surface area (Å²) >= 11 is 0. The first-order valence-corrected chi connectivity index (χ1v) is 7.98. The third-order valence-electron chi connectivity index (χ3n) is 5.20. The Morgan fingerprint density at radius 3 is 2.11 bits per heavy atom. The molecule has 2 nitrogen and oxygen atoms in total. The molecule has 3 atom stereocenters. The van der Waals surface area contributed by atoms with Gasteiger partial charge in [-0.05, 0) is 56.5 Å². The molecule has 2 aliphatic rings. The summed E-state index contributed by atoms with van der Waals surface area (Å²) in [6.45, 7) is 9.76. The zero-order valence-electron chi connectivity index (χ0n) is 12.6. The minimum Gasteiger partial charge on any atom is -0.326 e. The number of rotatable bonds is 1. The summed E-state index contributed by atoms with van der Waals surface area (Å²) in [6, 6.07) is 1.07. The van der Waals surface area contributed by atoms with Crippen LogP contribution in [0.5, 0.6) is 0 Å². The van der Waals surface area contributed by atoms with Crippen LogP contribution in [-0.2, 0) is 0 Å². The predicted octanol–water partition coefficient (Wildman–Crippen LogP) is 3.40. The molecule has 0 radical (unpaired) electrons. The van der Waals surface area contributed by atoms with Crippen molar-refractivity contribution in [2.75, 3.05) is 13.1 Å². The minimum atomic E-state index is 0.418. The molecule has 2 fully saturated rings. The molecule has 0 amide bonds. The smallest absolute Gasteiger partial charge is 0.0250 e. The molecular formula is C16H32N2. The Morgan fingerprint density at radius 1 is 0.944 bits per heavy atom. The summed E-state index contributed by atoms with van der Waals surface area (Å²) in [6.07, 6.45) is 9.47. The van der Waals surface area contributed by atoms with Gasteiger partial charge in [0, 0.05) is 12.1 Å². The zero-order valence-corrected chi connectivity index (χ0v) is 12.6. The lowest BCUT2D eigenvalue weighted by atomic mass is 9.69. The van der Waals surface area contributed by atoms with E-state index in [-0.39, 0.29) is 0 Å². The Bertz CT molecular complexity index is 248. The second-order valence-corrected chi connectivity index (χ2v) is 7.56. The van der Waals surface area contributed by atoms with Crippen LogP contribution in [0.4, 0.5) is 0 Å². The third-order valence-corrected chi connectivity index (χ3v) is 5.20. The van der Waals surface area contributed by atoms with Gasteiger partial charge in [0.2, 0.25) is 0 Å². The highest BCUT2D eigenvalue weighted by atomic mass is 15.2. The van der Waals surface area contributed by atoms with Crippen molar-refractivity contribution in [3.8, 4) is 0 Å². The first-order chi connectivity index (χ1) is 8.48. The fraction of sp³-hybridized carbons (Fsp3) is 1.00. The lowest BCUT2D eigenvalue weighted by Gasteiger charge is -2.45. The van der Waals surface area contributed by atoms with Crippen LogP contribution in [0, 0.1) is 11.3 Å². The van der Waals surface area contributed by atoms with Gasteiger partial charge in [0.05, 0.1) is 0 Å². The van der Waals surface area contributed by atoms with Crippen molar-refractivity contribution in [3.63, 3.8) is 0 Å². The highest BCUT2D eigenvalue weighted by Crippen LogP contribution is 2.39. The van der Waals surface area contributed by atoms with Gasteiger partial charge in [0.15, 0.2) is 0 Å². The fourth-order valence-corrected chi connectivity index (χ4v) is 3.80. The average Bonchev–Trinajstić information content (AvgIpc) is 2.56. The molecule has 1 saturated carbocycles. The molecular weight excluding hydrogens is 220 g/mol. The van der Waals surface area contributed by atoms with E-state index in [9.17, 15) is 0 Å². The summed E-state index contributed by atoms with van der Waals surface area (Å²) in [5, 5.41) is 0.